The molecule has 4 nitrogen and oxygen atoms in total. The lowest BCUT2D eigenvalue weighted by molar-refractivity contribution is 0.111. The standard InChI is InChI=1S/C14H11N3O/c18-10-12-8-11-4-1-2-5-13(11)17(12)9-14-15-6-3-7-16-14/h1-8,10H,9H2. The van der Waals surface area contributed by atoms with Crippen molar-refractivity contribution in [2.24, 2.45) is 0 Å². The highest BCUT2D eigenvalue weighted by atomic mass is 16.1. The molecular formula is C14H11N3O. The minimum atomic E-state index is 0.502. The molecule has 88 valence electrons. The van der Waals surface area contributed by atoms with Gasteiger partial charge in [0.2, 0.25) is 0 Å². The third-order valence-corrected chi connectivity index (χ3v) is 2.88. The molecule has 3 rings (SSSR count). The van der Waals surface area contributed by atoms with Crippen LogP contribution in [0.2, 0.25) is 0 Å². The van der Waals surface area contributed by atoms with Crippen LogP contribution in [0.3, 0.4) is 0 Å². The average molecular weight is 237 g/mol. The van der Waals surface area contributed by atoms with Crippen molar-refractivity contribution in [3.8, 4) is 0 Å². The lowest BCUT2D eigenvalue weighted by Crippen LogP contribution is -2.06. The summed E-state index contributed by atoms with van der Waals surface area (Å²) < 4.78 is 1.93. The van der Waals surface area contributed by atoms with E-state index in [0.29, 0.717) is 18.1 Å². The van der Waals surface area contributed by atoms with Gasteiger partial charge < -0.3 is 4.57 Å². The van der Waals surface area contributed by atoms with E-state index in [9.17, 15) is 4.79 Å². The smallest absolute Gasteiger partial charge is 0.166 e. The van der Waals surface area contributed by atoms with Crippen molar-refractivity contribution in [2.45, 2.75) is 6.54 Å². The molecule has 0 saturated heterocycles. The highest BCUT2D eigenvalue weighted by Crippen LogP contribution is 2.19. The van der Waals surface area contributed by atoms with Crippen LogP contribution in [0, 0.1) is 0 Å². The van der Waals surface area contributed by atoms with Gasteiger partial charge in [0.1, 0.15) is 5.82 Å². The monoisotopic (exact) mass is 237 g/mol. The van der Waals surface area contributed by atoms with Crippen molar-refractivity contribution in [3.05, 3.63) is 60.3 Å². The lowest BCUT2D eigenvalue weighted by Gasteiger charge is -2.05. The number of carbonyl (C=O) groups is 1. The van der Waals surface area contributed by atoms with Gasteiger partial charge in [-0.15, -0.1) is 0 Å². The van der Waals surface area contributed by atoms with Gasteiger partial charge in [-0.05, 0) is 18.2 Å². The van der Waals surface area contributed by atoms with Gasteiger partial charge >= 0.3 is 0 Å². The van der Waals surface area contributed by atoms with Crippen LogP contribution in [0.5, 0.6) is 0 Å². The third-order valence-electron chi connectivity index (χ3n) is 2.88. The van der Waals surface area contributed by atoms with Gasteiger partial charge in [0.05, 0.1) is 12.2 Å². The molecule has 0 bridgehead atoms. The number of para-hydroxylation sites is 1. The summed E-state index contributed by atoms with van der Waals surface area (Å²) in [5.41, 5.74) is 1.66. The Labute approximate surface area is 104 Å². The normalized spacial score (nSPS) is 10.7. The van der Waals surface area contributed by atoms with E-state index in [1.807, 2.05) is 34.9 Å². The second kappa shape index (κ2) is 4.41. The predicted molar refractivity (Wildman–Crippen MR) is 68.5 cm³/mol. The van der Waals surface area contributed by atoms with Gasteiger partial charge in [-0.25, -0.2) is 9.97 Å². The maximum atomic E-state index is 11.1. The molecule has 0 aliphatic heterocycles. The molecule has 1 aromatic carbocycles. The average Bonchev–Trinajstić information content (AvgIpc) is 2.78. The van der Waals surface area contributed by atoms with Crippen LogP contribution in [0.4, 0.5) is 0 Å². The number of fused-ring (bicyclic) bond motifs is 1. The fraction of sp³-hybridized carbons (Fsp3) is 0.0714. The number of carbonyl (C=O) groups excluding carboxylic acids is 1. The van der Waals surface area contributed by atoms with Crippen LogP contribution >= 0.6 is 0 Å². The largest absolute Gasteiger partial charge is 0.331 e. The molecule has 0 spiro atoms. The van der Waals surface area contributed by atoms with Crippen molar-refractivity contribution < 1.29 is 4.79 Å². The summed E-state index contributed by atoms with van der Waals surface area (Å²) in [5, 5.41) is 1.05. The Morgan fingerprint density at radius 3 is 2.67 bits per heavy atom. The van der Waals surface area contributed by atoms with E-state index >= 15 is 0 Å². The lowest BCUT2D eigenvalue weighted by atomic mass is 10.2. The molecule has 0 fully saturated rings. The summed E-state index contributed by atoms with van der Waals surface area (Å²) in [6, 6.07) is 11.6. The molecule has 0 unspecified atom stereocenters. The highest BCUT2D eigenvalue weighted by molar-refractivity contribution is 5.88. The fourth-order valence-corrected chi connectivity index (χ4v) is 2.06. The Balaban J connectivity index is 2.12. The SMILES string of the molecule is O=Cc1cc2ccccc2n1Cc1ncccn1. The summed E-state index contributed by atoms with van der Waals surface area (Å²) in [5.74, 6) is 0.696. The first kappa shape index (κ1) is 10.7. The van der Waals surface area contributed by atoms with E-state index < -0.39 is 0 Å². The number of rotatable bonds is 3. The van der Waals surface area contributed by atoms with Crippen molar-refractivity contribution >= 4 is 17.2 Å². The van der Waals surface area contributed by atoms with E-state index in [2.05, 4.69) is 9.97 Å². The minimum Gasteiger partial charge on any atom is -0.331 e. The summed E-state index contributed by atoms with van der Waals surface area (Å²) in [7, 11) is 0. The Kier molecular flexibility index (Phi) is 2.61. The summed E-state index contributed by atoms with van der Waals surface area (Å²) in [6.07, 6.45) is 4.27. The van der Waals surface area contributed by atoms with Gasteiger partial charge in [0, 0.05) is 23.3 Å². The first-order valence-corrected chi connectivity index (χ1v) is 5.68. The van der Waals surface area contributed by atoms with Gasteiger partial charge in [0.25, 0.3) is 0 Å². The number of aldehydes is 1. The number of hydrogen-bond donors (Lipinski definition) is 0. The molecule has 0 amide bonds. The molecule has 0 aliphatic rings. The fourth-order valence-electron chi connectivity index (χ4n) is 2.06. The zero-order valence-corrected chi connectivity index (χ0v) is 9.65. The van der Waals surface area contributed by atoms with E-state index in [1.165, 1.54) is 0 Å². The first-order valence-electron chi connectivity index (χ1n) is 5.68. The maximum absolute atomic E-state index is 11.1. The predicted octanol–water partition coefficient (Wildman–Crippen LogP) is 2.29. The zero-order valence-electron chi connectivity index (χ0n) is 9.65. The van der Waals surface area contributed by atoms with Gasteiger partial charge in [-0.3, -0.25) is 4.79 Å². The van der Waals surface area contributed by atoms with Crippen molar-refractivity contribution in [3.63, 3.8) is 0 Å². The first-order chi connectivity index (χ1) is 8.88. The van der Waals surface area contributed by atoms with Crippen LogP contribution in [-0.2, 0) is 6.54 Å². The van der Waals surface area contributed by atoms with E-state index in [4.69, 9.17) is 0 Å². The van der Waals surface area contributed by atoms with Crippen LogP contribution in [-0.4, -0.2) is 20.8 Å². The van der Waals surface area contributed by atoms with Crippen LogP contribution < -0.4 is 0 Å². The van der Waals surface area contributed by atoms with Crippen molar-refractivity contribution in [1.29, 1.82) is 0 Å². The number of nitrogens with zero attached hydrogens (tertiary/aromatic N) is 3. The topological polar surface area (TPSA) is 47.8 Å². The summed E-state index contributed by atoms with van der Waals surface area (Å²) >= 11 is 0. The zero-order chi connectivity index (χ0) is 12.4. The second-order valence-electron chi connectivity index (χ2n) is 4.00. The molecule has 2 heterocycles. The van der Waals surface area contributed by atoms with E-state index in [-0.39, 0.29) is 0 Å². The number of aromatic nitrogens is 3. The minimum absolute atomic E-state index is 0.502. The Morgan fingerprint density at radius 1 is 1.11 bits per heavy atom. The molecule has 0 N–H and O–H groups in total. The highest BCUT2D eigenvalue weighted by Gasteiger charge is 2.08. The van der Waals surface area contributed by atoms with Crippen LogP contribution in [0.1, 0.15) is 16.3 Å². The van der Waals surface area contributed by atoms with E-state index in [1.54, 1.807) is 18.5 Å². The molecule has 4 heteroatoms. The number of benzene rings is 1. The molecule has 18 heavy (non-hydrogen) atoms. The molecule has 0 saturated carbocycles. The summed E-state index contributed by atoms with van der Waals surface area (Å²) in [6.45, 7) is 0.502. The van der Waals surface area contributed by atoms with Gasteiger partial charge in [-0.1, -0.05) is 18.2 Å². The molecule has 0 radical (unpaired) electrons. The molecule has 3 aromatic rings. The van der Waals surface area contributed by atoms with Gasteiger partial charge in [-0.2, -0.15) is 0 Å². The Morgan fingerprint density at radius 2 is 1.89 bits per heavy atom. The quantitative estimate of drug-likeness (QED) is 0.657. The molecule has 0 aliphatic carbocycles. The van der Waals surface area contributed by atoms with Gasteiger partial charge in [0.15, 0.2) is 6.29 Å². The number of hydrogen-bond acceptors (Lipinski definition) is 3. The molecule has 2 aromatic heterocycles. The van der Waals surface area contributed by atoms with Crippen LogP contribution in [0.25, 0.3) is 10.9 Å². The van der Waals surface area contributed by atoms with Crippen molar-refractivity contribution in [2.75, 3.05) is 0 Å². The molecular weight excluding hydrogens is 226 g/mol. The Hall–Kier alpha value is -2.49. The maximum Gasteiger partial charge on any atom is 0.166 e. The summed E-state index contributed by atoms with van der Waals surface area (Å²) in [4.78, 5) is 19.5. The molecule has 0 atom stereocenters. The Bertz CT molecular complexity index is 689. The second-order valence-corrected chi connectivity index (χ2v) is 4.00. The van der Waals surface area contributed by atoms with E-state index in [0.717, 1.165) is 17.2 Å². The van der Waals surface area contributed by atoms with Crippen LogP contribution in [0.15, 0.2) is 48.8 Å². The third kappa shape index (κ3) is 1.78. The van der Waals surface area contributed by atoms with Crippen molar-refractivity contribution in [1.82, 2.24) is 14.5 Å².